The summed E-state index contributed by atoms with van der Waals surface area (Å²) in [6, 6.07) is 24.2. The van der Waals surface area contributed by atoms with Gasteiger partial charge in [0.05, 0.1) is 0 Å². The summed E-state index contributed by atoms with van der Waals surface area (Å²) in [6.45, 7) is 0. The Balaban J connectivity index is 1.97. The van der Waals surface area contributed by atoms with Gasteiger partial charge in [-0.05, 0) is 48.0 Å². The second-order valence-corrected chi connectivity index (χ2v) is 5.94. The highest BCUT2D eigenvalue weighted by Gasteiger charge is 2.06. The Labute approximate surface area is 128 Å². The Morgan fingerprint density at radius 1 is 0.667 bits per heavy atom. The average molecular weight is 292 g/mol. The van der Waals surface area contributed by atoms with E-state index in [4.69, 9.17) is 11.5 Å². The fourth-order valence-corrected chi connectivity index (χ4v) is 3.06. The summed E-state index contributed by atoms with van der Waals surface area (Å²) in [5.74, 6) is 0. The molecular weight excluding hydrogens is 276 g/mol. The van der Waals surface area contributed by atoms with Crippen LogP contribution in [0.1, 0.15) is 0 Å². The highest BCUT2D eigenvalue weighted by molar-refractivity contribution is 7.99. The minimum absolute atomic E-state index is 0.744. The van der Waals surface area contributed by atoms with Crippen molar-refractivity contribution in [2.45, 2.75) is 9.79 Å². The predicted octanol–water partition coefficient (Wildman–Crippen LogP) is 4.67. The van der Waals surface area contributed by atoms with E-state index in [0.717, 1.165) is 27.4 Å². The molecule has 3 aromatic carbocycles. The summed E-state index contributed by atoms with van der Waals surface area (Å²) in [6.07, 6.45) is 0. The largest absolute Gasteiger partial charge is 0.399 e. The van der Waals surface area contributed by atoms with Crippen molar-refractivity contribution >= 4 is 23.1 Å². The molecule has 3 heteroatoms. The van der Waals surface area contributed by atoms with Crippen LogP contribution in [0.4, 0.5) is 11.4 Å². The zero-order chi connectivity index (χ0) is 14.7. The van der Waals surface area contributed by atoms with Crippen molar-refractivity contribution in [3.63, 3.8) is 0 Å². The Kier molecular flexibility index (Phi) is 3.84. The molecule has 4 N–H and O–H groups in total. The number of rotatable bonds is 3. The number of nitrogen functional groups attached to an aromatic ring is 2. The van der Waals surface area contributed by atoms with E-state index in [1.165, 1.54) is 4.90 Å². The lowest BCUT2D eigenvalue weighted by Crippen LogP contribution is -1.92. The van der Waals surface area contributed by atoms with Gasteiger partial charge in [-0.3, -0.25) is 0 Å². The first-order chi connectivity index (χ1) is 10.2. The molecule has 0 radical (unpaired) electrons. The van der Waals surface area contributed by atoms with Crippen LogP contribution < -0.4 is 11.5 Å². The molecule has 0 saturated carbocycles. The lowest BCUT2D eigenvalue weighted by atomic mass is 10.0. The smallest absolute Gasteiger partial charge is 0.0394 e. The molecule has 0 atom stereocenters. The van der Waals surface area contributed by atoms with Gasteiger partial charge in [-0.15, -0.1) is 0 Å². The standard InChI is InChI=1S/C18H16N2S/c19-14-6-4-5-13(11-14)17-12-16(9-10-18(17)20)21-15-7-2-1-3-8-15/h1-12H,19-20H2. The third kappa shape index (κ3) is 3.20. The van der Waals surface area contributed by atoms with Crippen molar-refractivity contribution in [1.29, 1.82) is 0 Å². The van der Waals surface area contributed by atoms with Gasteiger partial charge in [0.15, 0.2) is 0 Å². The van der Waals surface area contributed by atoms with Crippen LogP contribution in [0.5, 0.6) is 0 Å². The van der Waals surface area contributed by atoms with Gasteiger partial charge in [0.1, 0.15) is 0 Å². The Morgan fingerprint density at radius 2 is 1.48 bits per heavy atom. The van der Waals surface area contributed by atoms with Gasteiger partial charge < -0.3 is 11.5 Å². The monoisotopic (exact) mass is 292 g/mol. The summed E-state index contributed by atoms with van der Waals surface area (Å²) in [5, 5.41) is 0. The molecule has 104 valence electrons. The molecule has 3 rings (SSSR count). The summed E-state index contributed by atoms with van der Waals surface area (Å²) in [7, 11) is 0. The fourth-order valence-electron chi connectivity index (χ4n) is 2.18. The SMILES string of the molecule is Nc1cccc(-c2cc(Sc3ccccc3)ccc2N)c1. The Morgan fingerprint density at radius 3 is 2.24 bits per heavy atom. The van der Waals surface area contributed by atoms with Gasteiger partial charge in [-0.25, -0.2) is 0 Å². The van der Waals surface area contributed by atoms with Crippen molar-refractivity contribution < 1.29 is 0 Å². The number of hydrogen-bond donors (Lipinski definition) is 2. The molecule has 0 aliphatic rings. The summed E-state index contributed by atoms with van der Waals surface area (Å²) in [4.78, 5) is 2.37. The van der Waals surface area contributed by atoms with E-state index in [1.807, 2.05) is 54.6 Å². The van der Waals surface area contributed by atoms with Crippen molar-refractivity contribution in [1.82, 2.24) is 0 Å². The van der Waals surface area contributed by atoms with Gasteiger partial charge in [0.25, 0.3) is 0 Å². The van der Waals surface area contributed by atoms with Crippen molar-refractivity contribution in [3.8, 4) is 11.1 Å². The number of hydrogen-bond acceptors (Lipinski definition) is 3. The number of nitrogens with two attached hydrogens (primary N) is 2. The zero-order valence-electron chi connectivity index (χ0n) is 11.5. The van der Waals surface area contributed by atoms with Crippen molar-refractivity contribution in [3.05, 3.63) is 72.8 Å². The molecule has 0 heterocycles. The predicted molar refractivity (Wildman–Crippen MR) is 91.3 cm³/mol. The number of benzene rings is 3. The lowest BCUT2D eigenvalue weighted by Gasteiger charge is -2.09. The van der Waals surface area contributed by atoms with Gasteiger partial charge in [0, 0.05) is 26.7 Å². The summed E-state index contributed by atoms with van der Waals surface area (Å²) < 4.78 is 0. The van der Waals surface area contributed by atoms with Gasteiger partial charge >= 0.3 is 0 Å². The van der Waals surface area contributed by atoms with Crippen LogP contribution in [0.3, 0.4) is 0 Å². The highest BCUT2D eigenvalue weighted by Crippen LogP contribution is 2.34. The van der Waals surface area contributed by atoms with E-state index in [0.29, 0.717) is 0 Å². The molecule has 0 unspecified atom stereocenters. The topological polar surface area (TPSA) is 52.0 Å². The first-order valence-corrected chi connectivity index (χ1v) is 7.52. The molecule has 0 amide bonds. The molecule has 0 spiro atoms. The van der Waals surface area contributed by atoms with E-state index in [2.05, 4.69) is 18.2 Å². The molecule has 21 heavy (non-hydrogen) atoms. The molecule has 0 bridgehead atoms. The molecule has 0 aliphatic heterocycles. The maximum absolute atomic E-state index is 6.11. The van der Waals surface area contributed by atoms with Gasteiger partial charge in [0.2, 0.25) is 0 Å². The van der Waals surface area contributed by atoms with Crippen LogP contribution in [-0.4, -0.2) is 0 Å². The van der Waals surface area contributed by atoms with Crippen LogP contribution >= 0.6 is 11.8 Å². The minimum Gasteiger partial charge on any atom is -0.399 e. The lowest BCUT2D eigenvalue weighted by molar-refractivity contribution is 1.40. The molecule has 2 nitrogen and oxygen atoms in total. The Bertz CT molecular complexity index is 754. The average Bonchev–Trinajstić information content (AvgIpc) is 2.50. The van der Waals surface area contributed by atoms with Gasteiger partial charge in [-0.1, -0.05) is 42.1 Å². The first-order valence-electron chi connectivity index (χ1n) is 6.71. The van der Waals surface area contributed by atoms with E-state index in [9.17, 15) is 0 Å². The fraction of sp³-hybridized carbons (Fsp3) is 0. The highest BCUT2D eigenvalue weighted by atomic mass is 32.2. The van der Waals surface area contributed by atoms with E-state index < -0.39 is 0 Å². The van der Waals surface area contributed by atoms with E-state index in [1.54, 1.807) is 11.8 Å². The van der Waals surface area contributed by atoms with Crippen LogP contribution in [-0.2, 0) is 0 Å². The van der Waals surface area contributed by atoms with Crippen LogP contribution in [0.15, 0.2) is 82.6 Å². The maximum atomic E-state index is 6.11. The quantitative estimate of drug-likeness (QED) is 0.690. The second kappa shape index (κ2) is 5.94. The maximum Gasteiger partial charge on any atom is 0.0394 e. The molecule has 0 fully saturated rings. The van der Waals surface area contributed by atoms with Crippen LogP contribution in [0.25, 0.3) is 11.1 Å². The van der Waals surface area contributed by atoms with Crippen LogP contribution in [0.2, 0.25) is 0 Å². The molecular formula is C18H16N2S. The normalized spacial score (nSPS) is 10.5. The molecule has 3 aromatic rings. The number of anilines is 2. The van der Waals surface area contributed by atoms with Crippen LogP contribution in [0, 0.1) is 0 Å². The second-order valence-electron chi connectivity index (χ2n) is 4.79. The molecule has 0 aromatic heterocycles. The molecule has 0 saturated heterocycles. The molecule has 0 aliphatic carbocycles. The third-order valence-electron chi connectivity index (χ3n) is 3.20. The summed E-state index contributed by atoms with van der Waals surface area (Å²) in [5.41, 5.74) is 15.5. The van der Waals surface area contributed by atoms with Crippen molar-refractivity contribution in [2.24, 2.45) is 0 Å². The van der Waals surface area contributed by atoms with E-state index in [-0.39, 0.29) is 0 Å². The van der Waals surface area contributed by atoms with E-state index >= 15 is 0 Å². The third-order valence-corrected chi connectivity index (χ3v) is 4.20. The minimum atomic E-state index is 0.744. The van der Waals surface area contributed by atoms with Gasteiger partial charge in [-0.2, -0.15) is 0 Å². The first kappa shape index (κ1) is 13.6. The van der Waals surface area contributed by atoms with Crippen molar-refractivity contribution in [2.75, 3.05) is 11.5 Å². The summed E-state index contributed by atoms with van der Waals surface area (Å²) >= 11 is 1.72. The zero-order valence-corrected chi connectivity index (χ0v) is 12.3. The Hall–Kier alpha value is -2.39.